The number of nitrogens with one attached hydrogen (secondary N) is 1. The molecule has 1 N–H and O–H groups in total. The maximum atomic E-state index is 11.6. The van der Waals surface area contributed by atoms with Crippen molar-refractivity contribution in [3.8, 4) is 0 Å². The molecule has 4 nitrogen and oxygen atoms in total. The first-order chi connectivity index (χ1) is 7.08. The molecule has 0 bridgehead atoms. The van der Waals surface area contributed by atoms with E-state index in [0.29, 0.717) is 18.8 Å². The van der Waals surface area contributed by atoms with Crippen LogP contribution in [0.1, 0.15) is 5.76 Å². The Morgan fingerprint density at radius 1 is 1.47 bits per heavy atom. The van der Waals surface area contributed by atoms with Crippen LogP contribution in [0.25, 0.3) is 0 Å². The molecule has 0 unspecified atom stereocenters. The molecule has 1 heterocycles. The summed E-state index contributed by atoms with van der Waals surface area (Å²) in [6.45, 7) is -0.448. The van der Waals surface area contributed by atoms with Crippen molar-refractivity contribution >= 4 is 0 Å². The highest BCUT2D eigenvalue weighted by atomic mass is 19.4. The molecule has 0 aliphatic rings. The number of aromatic nitrogens is 1. The molecule has 86 valence electrons. The van der Waals surface area contributed by atoms with Crippen LogP contribution in [0.2, 0.25) is 0 Å². The Kier molecular flexibility index (Phi) is 4.57. The zero-order chi connectivity index (χ0) is 11.1. The lowest BCUT2D eigenvalue weighted by atomic mass is 10.4. The van der Waals surface area contributed by atoms with Gasteiger partial charge in [-0.3, -0.25) is 0 Å². The van der Waals surface area contributed by atoms with Gasteiger partial charge in [0, 0.05) is 12.6 Å². The Hall–Kier alpha value is -1.08. The van der Waals surface area contributed by atoms with Gasteiger partial charge in [-0.25, -0.2) is 0 Å². The number of halogens is 3. The minimum atomic E-state index is -4.26. The maximum Gasteiger partial charge on any atom is 0.411 e. The van der Waals surface area contributed by atoms with Gasteiger partial charge in [-0.2, -0.15) is 13.2 Å². The number of rotatable bonds is 6. The van der Waals surface area contributed by atoms with Gasteiger partial charge in [0.05, 0.1) is 19.3 Å². The summed E-state index contributed by atoms with van der Waals surface area (Å²) in [7, 11) is 0. The first-order valence-electron chi connectivity index (χ1n) is 4.33. The highest BCUT2D eigenvalue weighted by molar-refractivity contribution is 4.91. The summed E-state index contributed by atoms with van der Waals surface area (Å²) in [5.74, 6) is 0.630. The van der Waals surface area contributed by atoms with E-state index in [1.807, 2.05) is 0 Å². The average molecular weight is 224 g/mol. The van der Waals surface area contributed by atoms with Gasteiger partial charge in [-0.15, -0.1) is 0 Å². The Bertz CT molecular complexity index is 261. The summed E-state index contributed by atoms with van der Waals surface area (Å²) in [4.78, 5) is 0. The highest BCUT2D eigenvalue weighted by Gasteiger charge is 2.27. The van der Waals surface area contributed by atoms with Crippen LogP contribution in [0.4, 0.5) is 13.2 Å². The summed E-state index contributed by atoms with van der Waals surface area (Å²) >= 11 is 0. The molecular weight excluding hydrogens is 213 g/mol. The lowest BCUT2D eigenvalue weighted by molar-refractivity contribution is -0.173. The third kappa shape index (κ3) is 6.08. The monoisotopic (exact) mass is 224 g/mol. The molecule has 1 rings (SSSR count). The Morgan fingerprint density at radius 2 is 2.27 bits per heavy atom. The van der Waals surface area contributed by atoms with Gasteiger partial charge in [0.2, 0.25) is 0 Å². The number of hydrogen-bond donors (Lipinski definition) is 1. The van der Waals surface area contributed by atoms with Crippen molar-refractivity contribution in [2.75, 3.05) is 19.8 Å². The van der Waals surface area contributed by atoms with Gasteiger partial charge in [0.25, 0.3) is 0 Å². The fourth-order valence-electron chi connectivity index (χ4n) is 0.877. The van der Waals surface area contributed by atoms with Crippen LogP contribution < -0.4 is 5.32 Å². The molecule has 7 heteroatoms. The summed E-state index contributed by atoms with van der Waals surface area (Å²) in [6.07, 6.45) is -2.76. The smallest absolute Gasteiger partial charge is 0.371 e. The van der Waals surface area contributed by atoms with Crippen LogP contribution >= 0.6 is 0 Å². The highest BCUT2D eigenvalue weighted by Crippen LogP contribution is 2.13. The molecule has 1 aromatic heterocycles. The molecule has 0 spiro atoms. The van der Waals surface area contributed by atoms with Gasteiger partial charge < -0.3 is 14.6 Å². The van der Waals surface area contributed by atoms with Gasteiger partial charge >= 0.3 is 6.18 Å². The first-order valence-corrected chi connectivity index (χ1v) is 4.33. The Morgan fingerprint density at radius 3 is 2.87 bits per heavy atom. The van der Waals surface area contributed by atoms with Crippen LogP contribution in [0.3, 0.4) is 0 Å². The summed E-state index contributed by atoms with van der Waals surface area (Å²) in [5, 5.41) is 6.32. The van der Waals surface area contributed by atoms with Crippen molar-refractivity contribution in [2.24, 2.45) is 0 Å². The van der Waals surface area contributed by atoms with E-state index in [4.69, 9.17) is 4.52 Å². The van der Waals surface area contributed by atoms with E-state index >= 15 is 0 Å². The maximum absolute atomic E-state index is 11.6. The SMILES string of the molecule is FC(F)(F)COCCNCc1ccno1. The van der Waals surface area contributed by atoms with Crippen LogP contribution in [-0.2, 0) is 11.3 Å². The minimum Gasteiger partial charge on any atom is -0.371 e. The van der Waals surface area contributed by atoms with Crippen molar-refractivity contribution < 1.29 is 22.4 Å². The molecule has 0 saturated carbocycles. The fourth-order valence-corrected chi connectivity index (χ4v) is 0.877. The van der Waals surface area contributed by atoms with Crippen LogP contribution in [0.5, 0.6) is 0 Å². The molecule has 0 saturated heterocycles. The Labute approximate surface area is 84.4 Å². The van der Waals surface area contributed by atoms with E-state index in [2.05, 4.69) is 15.2 Å². The zero-order valence-corrected chi connectivity index (χ0v) is 7.88. The minimum absolute atomic E-state index is 0.00759. The molecule has 0 amide bonds. The molecule has 15 heavy (non-hydrogen) atoms. The average Bonchev–Trinajstić information content (AvgIpc) is 2.61. The van der Waals surface area contributed by atoms with Gasteiger partial charge in [0.1, 0.15) is 12.4 Å². The second-order valence-electron chi connectivity index (χ2n) is 2.82. The topological polar surface area (TPSA) is 47.3 Å². The van der Waals surface area contributed by atoms with Crippen molar-refractivity contribution in [3.05, 3.63) is 18.0 Å². The predicted octanol–water partition coefficient (Wildman–Crippen LogP) is 1.34. The number of alkyl halides is 3. The van der Waals surface area contributed by atoms with E-state index in [0.717, 1.165) is 0 Å². The van der Waals surface area contributed by atoms with Gasteiger partial charge in [-0.1, -0.05) is 5.16 Å². The lowest BCUT2D eigenvalue weighted by Gasteiger charge is -2.07. The van der Waals surface area contributed by atoms with Crippen molar-refractivity contribution in [2.45, 2.75) is 12.7 Å². The van der Waals surface area contributed by atoms with E-state index < -0.39 is 12.8 Å². The lowest BCUT2D eigenvalue weighted by Crippen LogP contribution is -2.23. The second-order valence-corrected chi connectivity index (χ2v) is 2.82. The Balaban J connectivity index is 1.94. The summed E-state index contributed by atoms with van der Waals surface area (Å²) in [5.41, 5.74) is 0. The first kappa shape index (κ1) is 12.0. The summed E-state index contributed by atoms with van der Waals surface area (Å²) < 4.78 is 44.0. The predicted molar refractivity (Wildman–Crippen MR) is 45.1 cm³/mol. The molecule has 0 fully saturated rings. The fraction of sp³-hybridized carbons (Fsp3) is 0.625. The van der Waals surface area contributed by atoms with Crippen LogP contribution in [0.15, 0.2) is 16.8 Å². The van der Waals surface area contributed by atoms with E-state index in [-0.39, 0.29) is 6.61 Å². The van der Waals surface area contributed by atoms with Gasteiger partial charge in [-0.05, 0) is 0 Å². The van der Waals surface area contributed by atoms with E-state index in [1.165, 1.54) is 6.20 Å². The second kappa shape index (κ2) is 5.72. The van der Waals surface area contributed by atoms with E-state index in [1.54, 1.807) is 6.07 Å². The molecule has 0 aliphatic carbocycles. The number of nitrogens with zero attached hydrogens (tertiary/aromatic N) is 1. The largest absolute Gasteiger partial charge is 0.411 e. The standard InChI is InChI=1S/C8H11F3N2O2/c9-8(10,11)6-14-4-3-12-5-7-1-2-13-15-7/h1-2,12H,3-6H2. The number of hydrogen-bond acceptors (Lipinski definition) is 4. The number of ether oxygens (including phenoxy) is 1. The normalized spacial score (nSPS) is 11.9. The summed E-state index contributed by atoms with van der Waals surface area (Å²) in [6, 6.07) is 1.67. The quantitative estimate of drug-likeness (QED) is 0.741. The van der Waals surface area contributed by atoms with Crippen molar-refractivity contribution in [3.63, 3.8) is 0 Å². The molecule has 0 aromatic carbocycles. The van der Waals surface area contributed by atoms with Crippen molar-refractivity contribution in [1.29, 1.82) is 0 Å². The zero-order valence-electron chi connectivity index (χ0n) is 7.88. The van der Waals surface area contributed by atoms with Crippen molar-refractivity contribution in [1.82, 2.24) is 10.5 Å². The van der Waals surface area contributed by atoms with Crippen LogP contribution in [-0.4, -0.2) is 31.1 Å². The molecular formula is C8H11F3N2O2. The third-order valence-corrected chi connectivity index (χ3v) is 1.48. The molecule has 0 atom stereocenters. The van der Waals surface area contributed by atoms with Gasteiger partial charge in [0.15, 0.2) is 0 Å². The molecule has 0 radical (unpaired) electrons. The van der Waals surface area contributed by atoms with E-state index in [9.17, 15) is 13.2 Å². The third-order valence-electron chi connectivity index (χ3n) is 1.48. The van der Waals surface area contributed by atoms with Crippen LogP contribution in [0, 0.1) is 0 Å². The molecule has 0 aliphatic heterocycles. The molecule has 1 aromatic rings.